The highest BCUT2D eigenvalue weighted by molar-refractivity contribution is 6.04. The summed E-state index contributed by atoms with van der Waals surface area (Å²) in [6.07, 6.45) is 0.964. The summed E-state index contributed by atoms with van der Waals surface area (Å²) in [5.74, 6) is -1.53. The fraction of sp³-hybridized carbons (Fsp3) is 0.400. The maximum Gasteiger partial charge on any atom is 0.253 e. The molecule has 178 valence electrons. The predicted octanol–water partition coefficient (Wildman–Crippen LogP) is 1.71. The molecule has 0 aliphatic carbocycles. The molecule has 6 N–H and O–H groups in total. The van der Waals surface area contributed by atoms with Crippen molar-refractivity contribution in [1.82, 2.24) is 10.2 Å². The van der Waals surface area contributed by atoms with E-state index in [-0.39, 0.29) is 29.1 Å². The first-order valence-corrected chi connectivity index (χ1v) is 11.3. The standard InChI is InChI=1S/C25H34N4O4/c1-3-10-29(11-4-2)25(33)20-14-18(23(27)31)13-19(15-20)24(32)28-21(22(30)16-26)12-17-8-6-5-7-9-17/h5-9,13-15,21-22,30H,3-4,10-12,16,26H2,1-2H3,(H2,27,31)(H,28,32)/t21-,22+/m0/s1. The van der Waals surface area contributed by atoms with Crippen molar-refractivity contribution < 1.29 is 19.5 Å². The molecule has 2 aromatic carbocycles. The van der Waals surface area contributed by atoms with E-state index >= 15 is 0 Å². The van der Waals surface area contributed by atoms with Gasteiger partial charge in [0, 0.05) is 36.3 Å². The number of aliphatic hydroxyl groups excluding tert-OH is 1. The highest BCUT2D eigenvalue weighted by Crippen LogP contribution is 2.15. The summed E-state index contributed by atoms with van der Waals surface area (Å²) >= 11 is 0. The van der Waals surface area contributed by atoms with Crippen molar-refractivity contribution in [3.8, 4) is 0 Å². The first-order valence-electron chi connectivity index (χ1n) is 11.3. The Kier molecular flexibility index (Phi) is 10.0. The highest BCUT2D eigenvalue weighted by Gasteiger charge is 2.24. The lowest BCUT2D eigenvalue weighted by Gasteiger charge is -2.24. The number of nitrogens with one attached hydrogen (secondary N) is 1. The molecule has 2 atom stereocenters. The highest BCUT2D eigenvalue weighted by atomic mass is 16.3. The Morgan fingerprint density at radius 3 is 2.09 bits per heavy atom. The quantitative estimate of drug-likeness (QED) is 0.387. The normalized spacial score (nSPS) is 12.6. The number of amides is 3. The smallest absolute Gasteiger partial charge is 0.253 e. The second-order valence-electron chi connectivity index (χ2n) is 8.03. The molecule has 2 rings (SSSR count). The fourth-order valence-electron chi connectivity index (χ4n) is 3.63. The fourth-order valence-corrected chi connectivity index (χ4v) is 3.63. The third kappa shape index (κ3) is 7.40. The number of rotatable bonds is 12. The molecular formula is C25H34N4O4. The molecular weight excluding hydrogens is 420 g/mol. The van der Waals surface area contributed by atoms with Crippen LogP contribution in [0.2, 0.25) is 0 Å². The van der Waals surface area contributed by atoms with Crippen molar-refractivity contribution in [2.24, 2.45) is 11.5 Å². The van der Waals surface area contributed by atoms with E-state index in [2.05, 4.69) is 5.32 Å². The maximum atomic E-state index is 13.1. The third-order valence-electron chi connectivity index (χ3n) is 5.32. The van der Waals surface area contributed by atoms with Crippen LogP contribution in [0.25, 0.3) is 0 Å². The van der Waals surface area contributed by atoms with Crippen LogP contribution in [-0.4, -0.2) is 59.5 Å². The van der Waals surface area contributed by atoms with Gasteiger partial charge in [-0.2, -0.15) is 0 Å². The van der Waals surface area contributed by atoms with E-state index in [1.54, 1.807) is 4.90 Å². The van der Waals surface area contributed by atoms with Gasteiger partial charge in [0.2, 0.25) is 5.91 Å². The number of carbonyl (C=O) groups is 3. The summed E-state index contributed by atoms with van der Waals surface area (Å²) in [4.78, 5) is 39.8. The van der Waals surface area contributed by atoms with Crippen molar-refractivity contribution in [2.45, 2.75) is 45.3 Å². The summed E-state index contributed by atoms with van der Waals surface area (Å²) in [5, 5.41) is 13.2. The Bertz CT molecular complexity index is 943. The molecule has 0 saturated heterocycles. The molecule has 0 aromatic heterocycles. The molecule has 0 aliphatic rings. The van der Waals surface area contributed by atoms with Crippen LogP contribution in [0.4, 0.5) is 0 Å². The van der Waals surface area contributed by atoms with Crippen LogP contribution in [0.1, 0.15) is 63.3 Å². The maximum absolute atomic E-state index is 13.1. The van der Waals surface area contributed by atoms with E-state index in [4.69, 9.17) is 11.5 Å². The molecule has 8 heteroatoms. The number of nitrogens with zero attached hydrogens (tertiary/aromatic N) is 1. The van der Waals surface area contributed by atoms with E-state index in [9.17, 15) is 19.5 Å². The molecule has 0 bridgehead atoms. The minimum atomic E-state index is -0.973. The van der Waals surface area contributed by atoms with Gasteiger partial charge in [-0.3, -0.25) is 14.4 Å². The second-order valence-corrected chi connectivity index (χ2v) is 8.03. The van der Waals surface area contributed by atoms with Crippen LogP contribution >= 0.6 is 0 Å². The average Bonchev–Trinajstić information content (AvgIpc) is 2.82. The van der Waals surface area contributed by atoms with E-state index < -0.39 is 24.0 Å². The van der Waals surface area contributed by atoms with Gasteiger partial charge in [0.1, 0.15) is 0 Å². The molecule has 2 aromatic rings. The Morgan fingerprint density at radius 2 is 1.55 bits per heavy atom. The molecule has 0 aliphatic heterocycles. The number of aliphatic hydroxyl groups is 1. The van der Waals surface area contributed by atoms with Crippen molar-refractivity contribution in [3.63, 3.8) is 0 Å². The largest absolute Gasteiger partial charge is 0.390 e. The molecule has 3 amide bonds. The molecule has 0 saturated carbocycles. The zero-order valence-corrected chi connectivity index (χ0v) is 19.3. The van der Waals surface area contributed by atoms with Gasteiger partial charge in [0.25, 0.3) is 11.8 Å². The van der Waals surface area contributed by atoms with Crippen LogP contribution < -0.4 is 16.8 Å². The number of carbonyl (C=O) groups excluding carboxylic acids is 3. The first-order chi connectivity index (χ1) is 15.8. The van der Waals surface area contributed by atoms with Crippen LogP contribution in [0.15, 0.2) is 48.5 Å². The van der Waals surface area contributed by atoms with Gasteiger partial charge < -0.3 is 26.8 Å². The zero-order valence-electron chi connectivity index (χ0n) is 19.3. The van der Waals surface area contributed by atoms with E-state index in [0.29, 0.717) is 19.5 Å². The number of primary amides is 1. The van der Waals surface area contributed by atoms with Gasteiger partial charge in [-0.1, -0.05) is 44.2 Å². The van der Waals surface area contributed by atoms with Crippen molar-refractivity contribution in [3.05, 3.63) is 70.8 Å². The summed E-state index contributed by atoms with van der Waals surface area (Å²) in [5.41, 5.74) is 12.4. The summed E-state index contributed by atoms with van der Waals surface area (Å²) in [7, 11) is 0. The lowest BCUT2D eigenvalue weighted by molar-refractivity contribution is 0.0755. The Balaban J connectivity index is 2.35. The monoisotopic (exact) mass is 454 g/mol. The van der Waals surface area contributed by atoms with E-state index in [0.717, 1.165) is 18.4 Å². The van der Waals surface area contributed by atoms with Gasteiger partial charge in [0.15, 0.2) is 0 Å². The number of hydrogen-bond acceptors (Lipinski definition) is 5. The number of nitrogens with two attached hydrogens (primary N) is 2. The zero-order chi connectivity index (χ0) is 24.4. The molecule has 0 spiro atoms. The van der Waals surface area contributed by atoms with Crippen molar-refractivity contribution in [1.29, 1.82) is 0 Å². The van der Waals surface area contributed by atoms with Crippen LogP contribution in [-0.2, 0) is 6.42 Å². The lowest BCUT2D eigenvalue weighted by atomic mass is 9.99. The molecule has 0 radical (unpaired) electrons. The topological polar surface area (TPSA) is 139 Å². The van der Waals surface area contributed by atoms with E-state index in [1.165, 1.54) is 18.2 Å². The van der Waals surface area contributed by atoms with Gasteiger partial charge in [0.05, 0.1) is 12.1 Å². The van der Waals surface area contributed by atoms with Crippen LogP contribution in [0.5, 0.6) is 0 Å². The van der Waals surface area contributed by atoms with Crippen molar-refractivity contribution >= 4 is 17.7 Å². The van der Waals surface area contributed by atoms with Crippen LogP contribution in [0, 0.1) is 0 Å². The predicted molar refractivity (Wildman–Crippen MR) is 128 cm³/mol. The Morgan fingerprint density at radius 1 is 0.970 bits per heavy atom. The lowest BCUT2D eigenvalue weighted by Crippen LogP contribution is -2.48. The van der Waals surface area contributed by atoms with Gasteiger partial charge in [-0.15, -0.1) is 0 Å². The number of benzene rings is 2. The molecule has 0 unspecified atom stereocenters. The third-order valence-corrected chi connectivity index (χ3v) is 5.32. The molecule has 0 heterocycles. The van der Waals surface area contributed by atoms with Crippen molar-refractivity contribution in [2.75, 3.05) is 19.6 Å². The second kappa shape index (κ2) is 12.7. The van der Waals surface area contributed by atoms with Gasteiger partial charge in [-0.25, -0.2) is 0 Å². The summed E-state index contributed by atoms with van der Waals surface area (Å²) in [6.45, 7) is 5.05. The number of hydrogen-bond donors (Lipinski definition) is 4. The Labute approximate surface area is 195 Å². The first kappa shape index (κ1) is 26.0. The molecule has 33 heavy (non-hydrogen) atoms. The Hall–Kier alpha value is -3.23. The van der Waals surface area contributed by atoms with Gasteiger partial charge in [-0.05, 0) is 43.0 Å². The molecule has 8 nitrogen and oxygen atoms in total. The summed E-state index contributed by atoms with van der Waals surface area (Å²) in [6, 6.07) is 13.0. The minimum Gasteiger partial charge on any atom is -0.390 e. The SMILES string of the molecule is CCCN(CCC)C(=O)c1cc(C(N)=O)cc(C(=O)N[C@@H](Cc2ccccc2)[C@H](O)CN)c1. The summed E-state index contributed by atoms with van der Waals surface area (Å²) < 4.78 is 0. The van der Waals surface area contributed by atoms with E-state index in [1.807, 2.05) is 44.2 Å². The van der Waals surface area contributed by atoms with Crippen LogP contribution in [0.3, 0.4) is 0 Å². The minimum absolute atomic E-state index is 0.0359. The average molecular weight is 455 g/mol. The van der Waals surface area contributed by atoms with Gasteiger partial charge >= 0.3 is 0 Å². The molecule has 0 fully saturated rings.